The second kappa shape index (κ2) is 8.91. The fourth-order valence-electron chi connectivity index (χ4n) is 2.89. The summed E-state index contributed by atoms with van der Waals surface area (Å²) in [6.45, 7) is 11.0. The molecule has 148 valence electrons. The number of carbonyl (C=O) groups excluding carboxylic acids is 2. The molecule has 0 unspecified atom stereocenters. The fourth-order valence-corrected chi connectivity index (χ4v) is 3.32. The van der Waals surface area contributed by atoms with E-state index in [0.29, 0.717) is 11.1 Å². The van der Waals surface area contributed by atoms with E-state index in [0.717, 1.165) is 25.7 Å². The fraction of sp³-hybridized carbons (Fsp3) is 0.273. The zero-order valence-electron chi connectivity index (χ0n) is 16.5. The molecule has 2 aromatic rings. The molecule has 0 aliphatic rings. The number of carbonyl (C=O) groups is 2. The summed E-state index contributed by atoms with van der Waals surface area (Å²) in [5.74, 6) is -0.561. The molecule has 0 heterocycles. The smallest absolute Gasteiger partial charge is 0.284 e. The second-order valence-electron chi connectivity index (χ2n) is 7.44. The lowest BCUT2D eigenvalue weighted by atomic mass is 9.94. The first-order valence-corrected chi connectivity index (χ1v) is 9.53. The Balaban J connectivity index is 2.15. The van der Waals surface area contributed by atoms with Crippen molar-refractivity contribution in [2.24, 2.45) is 0 Å². The molecule has 0 atom stereocenters. The predicted octanol–water partition coefficient (Wildman–Crippen LogP) is 5.96. The Kier molecular flexibility index (Phi) is 7.05. The number of rotatable bonds is 7. The van der Waals surface area contributed by atoms with Crippen LogP contribution in [0.25, 0.3) is 6.08 Å². The average molecular weight is 419 g/mol. The monoisotopic (exact) mass is 418 g/mol. The molecule has 0 bridgehead atoms. The summed E-state index contributed by atoms with van der Waals surface area (Å²) in [4.78, 5) is 25.4. The summed E-state index contributed by atoms with van der Waals surface area (Å²) < 4.78 is 1.90. The van der Waals surface area contributed by atoms with Crippen LogP contribution in [0.3, 0.4) is 0 Å². The van der Waals surface area contributed by atoms with Crippen LogP contribution in [0.15, 0.2) is 49.0 Å². The van der Waals surface area contributed by atoms with Crippen LogP contribution >= 0.6 is 23.6 Å². The largest absolute Gasteiger partial charge is 0.294 e. The van der Waals surface area contributed by atoms with Crippen molar-refractivity contribution >= 4 is 41.3 Å². The van der Waals surface area contributed by atoms with E-state index in [1.54, 1.807) is 44.2 Å². The maximum absolute atomic E-state index is 12.7. The van der Waals surface area contributed by atoms with Crippen LogP contribution in [-0.4, -0.2) is 26.3 Å². The van der Waals surface area contributed by atoms with Gasteiger partial charge in [0.2, 0.25) is 0 Å². The molecule has 1 amide bonds. The van der Waals surface area contributed by atoms with Crippen molar-refractivity contribution in [1.29, 1.82) is 0 Å². The van der Waals surface area contributed by atoms with Gasteiger partial charge in [-0.2, -0.15) is 4.53 Å². The SMILES string of the molecule is C=Cc1ccc(C(=O)CC(C)(C)N(Cl)N(Cl)C(=O)c2cc(C)cc(C)c2)cc1. The lowest BCUT2D eigenvalue weighted by molar-refractivity contribution is 0.0374. The number of hydrogen-bond donors (Lipinski definition) is 0. The third-order valence-corrected chi connectivity index (χ3v) is 5.34. The topological polar surface area (TPSA) is 40.6 Å². The maximum Gasteiger partial charge on any atom is 0.284 e. The second-order valence-corrected chi connectivity index (χ2v) is 8.08. The van der Waals surface area contributed by atoms with E-state index in [4.69, 9.17) is 23.6 Å². The first kappa shape index (κ1) is 22.2. The van der Waals surface area contributed by atoms with Gasteiger partial charge in [-0.3, -0.25) is 9.59 Å². The van der Waals surface area contributed by atoms with Gasteiger partial charge in [0.15, 0.2) is 5.78 Å². The van der Waals surface area contributed by atoms with E-state index in [9.17, 15) is 9.59 Å². The highest BCUT2D eigenvalue weighted by atomic mass is 35.5. The van der Waals surface area contributed by atoms with Gasteiger partial charge in [0.25, 0.3) is 5.91 Å². The molecule has 2 rings (SSSR count). The predicted molar refractivity (Wildman–Crippen MR) is 115 cm³/mol. The summed E-state index contributed by atoms with van der Waals surface area (Å²) in [7, 11) is 0. The number of ketones is 1. The Morgan fingerprint density at radius 1 is 1.00 bits per heavy atom. The van der Waals surface area contributed by atoms with Crippen molar-refractivity contribution in [2.45, 2.75) is 39.7 Å². The van der Waals surface area contributed by atoms with Gasteiger partial charge >= 0.3 is 0 Å². The summed E-state index contributed by atoms with van der Waals surface area (Å²) in [5.41, 5.74) is 2.93. The summed E-state index contributed by atoms with van der Waals surface area (Å²) in [6, 6.07) is 12.6. The third-order valence-electron chi connectivity index (χ3n) is 4.35. The minimum atomic E-state index is -0.897. The lowest BCUT2D eigenvalue weighted by Crippen LogP contribution is -2.48. The molecule has 2 aromatic carbocycles. The van der Waals surface area contributed by atoms with Gasteiger partial charge in [-0.05, 0) is 45.4 Å². The number of hydrogen-bond acceptors (Lipinski definition) is 3. The van der Waals surface area contributed by atoms with Crippen LogP contribution in [0.2, 0.25) is 0 Å². The number of aryl methyl sites for hydroxylation is 2. The Bertz CT molecular complexity index is 872. The number of hydrazine groups is 1. The van der Waals surface area contributed by atoms with E-state index in [1.807, 2.05) is 32.0 Å². The molecule has 0 aromatic heterocycles. The number of Topliss-reactive ketones (excluding diaryl/α,β-unsaturated/α-hetero) is 1. The number of halogens is 2. The van der Waals surface area contributed by atoms with E-state index in [2.05, 4.69) is 6.58 Å². The molecule has 0 saturated heterocycles. The zero-order valence-corrected chi connectivity index (χ0v) is 18.0. The van der Waals surface area contributed by atoms with Crippen molar-refractivity contribution in [3.8, 4) is 0 Å². The number of nitrogens with zero attached hydrogens (tertiary/aromatic N) is 2. The van der Waals surface area contributed by atoms with Gasteiger partial charge in [-0.15, -0.1) is 4.53 Å². The van der Waals surface area contributed by atoms with Crippen LogP contribution < -0.4 is 0 Å². The molecule has 0 aliphatic carbocycles. The lowest BCUT2D eigenvalue weighted by Gasteiger charge is -2.36. The van der Waals surface area contributed by atoms with Crippen LogP contribution in [0.4, 0.5) is 0 Å². The Hall–Kier alpha value is -2.14. The molecule has 28 heavy (non-hydrogen) atoms. The first-order chi connectivity index (χ1) is 13.0. The molecule has 0 radical (unpaired) electrons. The van der Waals surface area contributed by atoms with E-state index in [1.165, 1.54) is 0 Å². The Morgan fingerprint density at radius 3 is 2.04 bits per heavy atom. The van der Waals surface area contributed by atoms with Crippen LogP contribution in [0, 0.1) is 13.8 Å². The van der Waals surface area contributed by atoms with Crippen molar-refractivity contribution in [3.05, 3.63) is 76.9 Å². The summed E-state index contributed by atoms with van der Waals surface area (Å²) in [6.07, 6.45) is 1.79. The zero-order chi connectivity index (χ0) is 21.1. The standard InChI is InChI=1S/C22H24Cl2N2O2/c1-6-17-7-9-18(10-8-17)20(27)14-22(4,5)26(24)25(23)21(28)19-12-15(2)11-16(3)13-19/h6-13H,1,14H2,2-5H3. The number of amides is 1. The van der Waals surface area contributed by atoms with Gasteiger partial charge in [-0.1, -0.05) is 54.1 Å². The van der Waals surface area contributed by atoms with E-state index in [-0.39, 0.29) is 12.2 Å². The summed E-state index contributed by atoms with van der Waals surface area (Å²) in [5, 5.41) is 0. The average Bonchev–Trinajstić information content (AvgIpc) is 2.65. The summed E-state index contributed by atoms with van der Waals surface area (Å²) >= 11 is 12.6. The maximum atomic E-state index is 12.7. The minimum Gasteiger partial charge on any atom is -0.294 e. The molecule has 0 spiro atoms. The normalized spacial score (nSPS) is 11.4. The molecule has 4 nitrogen and oxygen atoms in total. The molecule has 0 N–H and O–H groups in total. The van der Waals surface area contributed by atoms with Crippen LogP contribution in [0.5, 0.6) is 0 Å². The Morgan fingerprint density at radius 2 is 1.54 bits per heavy atom. The van der Waals surface area contributed by atoms with Crippen LogP contribution in [0.1, 0.15) is 57.7 Å². The van der Waals surface area contributed by atoms with Gasteiger partial charge < -0.3 is 0 Å². The van der Waals surface area contributed by atoms with Crippen molar-refractivity contribution in [1.82, 2.24) is 9.06 Å². The quantitative estimate of drug-likeness (QED) is 0.316. The molecule has 0 aliphatic heterocycles. The van der Waals surface area contributed by atoms with E-state index < -0.39 is 11.4 Å². The third kappa shape index (κ3) is 5.22. The highest BCUT2D eigenvalue weighted by Crippen LogP contribution is 2.28. The van der Waals surface area contributed by atoms with Gasteiger partial charge in [-0.25, -0.2) is 0 Å². The molecule has 0 fully saturated rings. The number of benzene rings is 2. The molecular formula is C22H24Cl2N2O2. The van der Waals surface area contributed by atoms with Crippen molar-refractivity contribution in [3.63, 3.8) is 0 Å². The van der Waals surface area contributed by atoms with Gasteiger partial charge in [0.1, 0.15) is 0 Å². The van der Waals surface area contributed by atoms with Gasteiger partial charge in [0, 0.05) is 41.1 Å². The Labute approximate surface area is 176 Å². The van der Waals surface area contributed by atoms with Crippen molar-refractivity contribution in [2.75, 3.05) is 0 Å². The molecule has 0 saturated carbocycles. The molecule has 6 heteroatoms. The minimum absolute atomic E-state index is 0.0767. The highest BCUT2D eigenvalue weighted by Gasteiger charge is 2.35. The van der Waals surface area contributed by atoms with Crippen molar-refractivity contribution < 1.29 is 9.59 Å². The molecular weight excluding hydrogens is 395 g/mol. The highest BCUT2D eigenvalue weighted by molar-refractivity contribution is 6.27. The van der Waals surface area contributed by atoms with E-state index >= 15 is 0 Å². The first-order valence-electron chi connectivity index (χ1n) is 8.85. The van der Waals surface area contributed by atoms with Gasteiger partial charge in [0.05, 0.1) is 5.54 Å². The van der Waals surface area contributed by atoms with Crippen LogP contribution in [-0.2, 0) is 0 Å².